The molecule has 0 saturated carbocycles. The second-order valence-electron chi connectivity index (χ2n) is 8.34. The normalized spacial score (nSPS) is 20.9. The van der Waals surface area contributed by atoms with Crippen LogP contribution in [0, 0.1) is 0 Å². The molecular formula is C24H26F3N3O3. The number of para-hydroxylation sites is 1. The Kier molecular flexibility index (Phi) is 6.34. The quantitative estimate of drug-likeness (QED) is 0.684. The molecule has 0 aromatic heterocycles. The molecule has 9 heteroatoms. The number of carbonyl (C=O) groups excluding carboxylic acids is 2. The van der Waals surface area contributed by atoms with Crippen LogP contribution in [-0.2, 0) is 14.3 Å². The molecule has 0 spiro atoms. The minimum Gasteiger partial charge on any atom is -0.378 e. The zero-order chi connectivity index (χ0) is 23.8. The number of benzene rings is 2. The van der Waals surface area contributed by atoms with E-state index in [-0.39, 0.29) is 24.1 Å². The van der Waals surface area contributed by atoms with Crippen molar-refractivity contribution in [1.29, 1.82) is 0 Å². The van der Waals surface area contributed by atoms with Crippen molar-refractivity contribution in [2.75, 3.05) is 41.0 Å². The topological polar surface area (TPSA) is 53.1 Å². The maximum Gasteiger partial charge on any atom is 0.471 e. The molecule has 6 nitrogen and oxygen atoms in total. The third kappa shape index (κ3) is 4.55. The van der Waals surface area contributed by atoms with Crippen molar-refractivity contribution < 1.29 is 27.5 Å². The van der Waals surface area contributed by atoms with Crippen LogP contribution < -0.4 is 14.7 Å². The predicted octanol–water partition coefficient (Wildman–Crippen LogP) is 4.30. The molecule has 2 amide bonds. The molecule has 2 heterocycles. The largest absolute Gasteiger partial charge is 0.471 e. The van der Waals surface area contributed by atoms with Gasteiger partial charge < -0.3 is 14.5 Å². The SMILES string of the molecule is CC(=O)N1c2ccccc2[C@H](N(C(=O)C(F)(F)F)c2ccc(N3CCOCC3)cc2)C[C@@H]1C. The first-order chi connectivity index (χ1) is 15.7. The molecule has 0 aliphatic carbocycles. The standard InChI is InChI=1S/C24H26F3N3O3/c1-16-15-22(20-5-3-4-6-21(20)29(16)17(2)31)30(23(32)24(25,26)27)19-9-7-18(8-10-19)28-11-13-33-14-12-28/h3-10,16,22H,11-15H2,1-2H3/t16-,22+/m0/s1. The molecular weight excluding hydrogens is 435 g/mol. The van der Waals surface area contributed by atoms with E-state index in [1.807, 2.05) is 0 Å². The van der Waals surface area contributed by atoms with Crippen molar-refractivity contribution in [1.82, 2.24) is 0 Å². The number of alkyl halides is 3. The number of carbonyl (C=O) groups is 2. The number of halogens is 3. The Labute approximate surface area is 190 Å². The van der Waals surface area contributed by atoms with Gasteiger partial charge >= 0.3 is 12.1 Å². The zero-order valence-corrected chi connectivity index (χ0v) is 18.5. The number of hydrogen-bond donors (Lipinski definition) is 0. The highest BCUT2D eigenvalue weighted by Crippen LogP contribution is 2.43. The van der Waals surface area contributed by atoms with E-state index in [0.29, 0.717) is 37.6 Å². The first kappa shape index (κ1) is 23.1. The number of ether oxygens (including phenoxy) is 1. The van der Waals surface area contributed by atoms with Crippen molar-refractivity contribution in [3.63, 3.8) is 0 Å². The molecule has 2 aromatic carbocycles. The predicted molar refractivity (Wildman–Crippen MR) is 119 cm³/mol. The molecule has 2 aliphatic heterocycles. The minimum absolute atomic E-state index is 0.164. The van der Waals surface area contributed by atoms with Crippen LogP contribution in [0.3, 0.4) is 0 Å². The molecule has 2 aliphatic rings. The van der Waals surface area contributed by atoms with Crippen molar-refractivity contribution in [3.8, 4) is 0 Å². The van der Waals surface area contributed by atoms with Gasteiger partial charge in [-0.3, -0.25) is 14.5 Å². The average Bonchev–Trinajstić information content (AvgIpc) is 2.79. The summed E-state index contributed by atoms with van der Waals surface area (Å²) in [5.74, 6) is -2.12. The van der Waals surface area contributed by atoms with E-state index in [0.717, 1.165) is 10.6 Å². The maximum atomic E-state index is 13.7. The van der Waals surface area contributed by atoms with Gasteiger partial charge in [0.25, 0.3) is 0 Å². The summed E-state index contributed by atoms with van der Waals surface area (Å²) >= 11 is 0. The lowest BCUT2D eigenvalue weighted by Crippen LogP contribution is -2.50. The molecule has 0 bridgehead atoms. The van der Waals surface area contributed by atoms with Gasteiger partial charge in [0.05, 0.1) is 19.3 Å². The first-order valence-corrected chi connectivity index (χ1v) is 10.9. The van der Waals surface area contributed by atoms with Crippen LogP contribution in [-0.4, -0.2) is 50.3 Å². The molecule has 2 atom stereocenters. The highest BCUT2D eigenvalue weighted by molar-refractivity contribution is 6.00. The lowest BCUT2D eigenvalue weighted by Gasteiger charge is -2.43. The van der Waals surface area contributed by atoms with Gasteiger partial charge in [0, 0.05) is 43.1 Å². The van der Waals surface area contributed by atoms with Crippen LogP contribution in [0.4, 0.5) is 30.2 Å². The van der Waals surface area contributed by atoms with E-state index >= 15 is 0 Å². The summed E-state index contributed by atoms with van der Waals surface area (Å²) in [6, 6.07) is 12.2. The average molecular weight is 461 g/mol. The van der Waals surface area contributed by atoms with Crippen LogP contribution in [0.25, 0.3) is 0 Å². The molecule has 1 saturated heterocycles. The maximum absolute atomic E-state index is 13.7. The molecule has 0 radical (unpaired) electrons. The number of anilines is 3. The van der Waals surface area contributed by atoms with Gasteiger partial charge in [0.1, 0.15) is 0 Å². The van der Waals surface area contributed by atoms with E-state index in [1.54, 1.807) is 60.4 Å². The van der Waals surface area contributed by atoms with Crippen LogP contribution in [0.2, 0.25) is 0 Å². The van der Waals surface area contributed by atoms with E-state index in [4.69, 9.17) is 4.74 Å². The van der Waals surface area contributed by atoms with Gasteiger partial charge in [-0.25, -0.2) is 0 Å². The lowest BCUT2D eigenvalue weighted by molar-refractivity contribution is -0.171. The van der Waals surface area contributed by atoms with E-state index in [1.165, 1.54) is 6.92 Å². The first-order valence-electron chi connectivity index (χ1n) is 10.9. The summed E-state index contributed by atoms with van der Waals surface area (Å²) in [6.45, 7) is 5.77. The zero-order valence-electron chi connectivity index (χ0n) is 18.5. The highest BCUT2D eigenvalue weighted by atomic mass is 19.4. The Bertz CT molecular complexity index is 1020. The smallest absolute Gasteiger partial charge is 0.378 e. The number of nitrogens with zero attached hydrogens (tertiary/aromatic N) is 3. The number of amides is 2. The fraction of sp³-hybridized carbons (Fsp3) is 0.417. The van der Waals surface area contributed by atoms with Gasteiger partial charge in [0.15, 0.2) is 0 Å². The number of hydrogen-bond acceptors (Lipinski definition) is 4. The second kappa shape index (κ2) is 9.05. The molecule has 0 unspecified atom stereocenters. The van der Waals surface area contributed by atoms with E-state index in [2.05, 4.69) is 4.90 Å². The Morgan fingerprint density at radius 2 is 1.67 bits per heavy atom. The van der Waals surface area contributed by atoms with Crippen molar-refractivity contribution in [3.05, 3.63) is 54.1 Å². The van der Waals surface area contributed by atoms with Crippen LogP contribution >= 0.6 is 0 Å². The molecule has 33 heavy (non-hydrogen) atoms. The summed E-state index contributed by atoms with van der Waals surface area (Å²) in [5, 5.41) is 0. The molecule has 0 N–H and O–H groups in total. The van der Waals surface area contributed by atoms with Gasteiger partial charge in [-0.15, -0.1) is 0 Å². The number of fused-ring (bicyclic) bond motifs is 1. The van der Waals surface area contributed by atoms with Crippen molar-refractivity contribution in [2.24, 2.45) is 0 Å². The fourth-order valence-electron chi connectivity index (χ4n) is 4.73. The van der Waals surface area contributed by atoms with Crippen LogP contribution in [0.1, 0.15) is 31.9 Å². The highest BCUT2D eigenvalue weighted by Gasteiger charge is 2.47. The molecule has 2 aromatic rings. The van der Waals surface area contributed by atoms with Gasteiger partial charge in [0.2, 0.25) is 5.91 Å². The third-order valence-corrected chi connectivity index (χ3v) is 6.18. The summed E-state index contributed by atoms with van der Waals surface area (Å²) in [6.07, 6.45) is -4.86. The third-order valence-electron chi connectivity index (χ3n) is 6.18. The Hall–Kier alpha value is -3.07. The summed E-state index contributed by atoms with van der Waals surface area (Å²) in [5.41, 5.74) is 2.07. The van der Waals surface area contributed by atoms with Gasteiger partial charge in [-0.1, -0.05) is 18.2 Å². The van der Waals surface area contributed by atoms with Crippen LogP contribution in [0.5, 0.6) is 0 Å². The lowest BCUT2D eigenvalue weighted by atomic mass is 9.90. The Morgan fingerprint density at radius 1 is 1.03 bits per heavy atom. The molecule has 4 rings (SSSR count). The summed E-state index contributed by atoms with van der Waals surface area (Å²) < 4.78 is 46.5. The Morgan fingerprint density at radius 3 is 2.27 bits per heavy atom. The van der Waals surface area contributed by atoms with Gasteiger partial charge in [-0.05, 0) is 49.2 Å². The molecule has 1 fully saturated rings. The summed E-state index contributed by atoms with van der Waals surface area (Å²) in [7, 11) is 0. The monoisotopic (exact) mass is 461 g/mol. The number of rotatable bonds is 3. The van der Waals surface area contributed by atoms with Crippen LogP contribution in [0.15, 0.2) is 48.5 Å². The van der Waals surface area contributed by atoms with Gasteiger partial charge in [-0.2, -0.15) is 13.2 Å². The van der Waals surface area contributed by atoms with Crippen molar-refractivity contribution >= 4 is 28.9 Å². The summed E-state index contributed by atoms with van der Waals surface area (Å²) in [4.78, 5) is 29.4. The Balaban J connectivity index is 1.76. The number of morpholine rings is 1. The van der Waals surface area contributed by atoms with Crippen molar-refractivity contribution in [2.45, 2.75) is 38.5 Å². The fourth-order valence-corrected chi connectivity index (χ4v) is 4.73. The molecule has 176 valence electrons. The van der Waals surface area contributed by atoms with E-state index in [9.17, 15) is 22.8 Å². The minimum atomic E-state index is -5.04. The second-order valence-corrected chi connectivity index (χ2v) is 8.34. The van der Waals surface area contributed by atoms with E-state index < -0.39 is 18.1 Å².